The number of anilines is 1. The van der Waals surface area contributed by atoms with E-state index in [-0.39, 0.29) is 10.8 Å². The average Bonchev–Trinajstić information content (AvgIpc) is 3.25. The van der Waals surface area contributed by atoms with Crippen LogP contribution in [-0.4, -0.2) is 47.9 Å². The Kier molecular flexibility index (Phi) is 6.80. The third-order valence-corrected chi connectivity index (χ3v) is 8.76. The van der Waals surface area contributed by atoms with E-state index in [1.165, 1.54) is 44.3 Å². The SMILES string of the molecule is CC(Sc1ncnc2scc(-c3ccccc3)c12)C(=O)Nc1cccc(S(=O)(=O)N(C)C)c1. The fourth-order valence-corrected chi connectivity index (χ4v) is 6.04. The molecule has 4 rings (SSSR count). The summed E-state index contributed by atoms with van der Waals surface area (Å²) in [5.41, 5.74) is 2.52. The summed E-state index contributed by atoms with van der Waals surface area (Å²) in [6, 6.07) is 16.2. The lowest BCUT2D eigenvalue weighted by molar-refractivity contribution is -0.115. The predicted octanol–water partition coefficient (Wildman–Crippen LogP) is 4.73. The highest BCUT2D eigenvalue weighted by atomic mass is 32.2. The van der Waals surface area contributed by atoms with Crippen molar-refractivity contribution in [3.63, 3.8) is 0 Å². The number of nitrogens with one attached hydrogen (secondary N) is 1. The lowest BCUT2D eigenvalue weighted by Gasteiger charge is -2.15. The summed E-state index contributed by atoms with van der Waals surface area (Å²) in [6.07, 6.45) is 1.51. The van der Waals surface area contributed by atoms with Gasteiger partial charge in [-0.15, -0.1) is 11.3 Å². The van der Waals surface area contributed by atoms with Crippen molar-refractivity contribution in [3.8, 4) is 11.1 Å². The molecular formula is C23H22N4O3S3. The molecule has 0 bridgehead atoms. The molecule has 7 nitrogen and oxygen atoms in total. The zero-order valence-electron chi connectivity index (χ0n) is 18.2. The van der Waals surface area contributed by atoms with Gasteiger partial charge in [-0.3, -0.25) is 4.79 Å². The first kappa shape index (κ1) is 23.4. The summed E-state index contributed by atoms with van der Waals surface area (Å²) in [7, 11) is -0.656. The molecular weight excluding hydrogens is 476 g/mol. The van der Waals surface area contributed by atoms with Gasteiger partial charge >= 0.3 is 0 Å². The first-order chi connectivity index (χ1) is 15.8. The van der Waals surface area contributed by atoms with Crippen LogP contribution in [0.2, 0.25) is 0 Å². The van der Waals surface area contributed by atoms with Crippen LogP contribution < -0.4 is 5.32 Å². The number of thiophene rings is 1. The molecule has 2 aromatic heterocycles. The molecule has 0 fully saturated rings. The first-order valence-electron chi connectivity index (χ1n) is 10.0. The molecule has 0 saturated heterocycles. The van der Waals surface area contributed by atoms with Crippen molar-refractivity contribution in [1.82, 2.24) is 14.3 Å². The maximum Gasteiger partial charge on any atom is 0.242 e. The van der Waals surface area contributed by atoms with E-state index in [2.05, 4.69) is 20.7 Å². The number of amides is 1. The molecule has 10 heteroatoms. The molecule has 1 atom stereocenters. The number of aromatic nitrogens is 2. The normalized spacial score (nSPS) is 12.7. The Morgan fingerprint density at radius 2 is 1.85 bits per heavy atom. The van der Waals surface area contributed by atoms with Gasteiger partial charge in [0.15, 0.2) is 0 Å². The van der Waals surface area contributed by atoms with Crippen LogP contribution in [0.5, 0.6) is 0 Å². The van der Waals surface area contributed by atoms with Crippen LogP contribution in [0.4, 0.5) is 5.69 Å². The molecule has 1 amide bonds. The van der Waals surface area contributed by atoms with E-state index in [0.29, 0.717) is 5.69 Å². The number of thioether (sulfide) groups is 1. The number of carbonyl (C=O) groups excluding carboxylic acids is 1. The number of hydrogen-bond acceptors (Lipinski definition) is 7. The molecule has 0 aliphatic carbocycles. The van der Waals surface area contributed by atoms with Crippen LogP contribution in [0.1, 0.15) is 6.92 Å². The molecule has 33 heavy (non-hydrogen) atoms. The summed E-state index contributed by atoms with van der Waals surface area (Å²) >= 11 is 2.89. The van der Waals surface area contributed by atoms with Crippen LogP contribution in [0.3, 0.4) is 0 Å². The second-order valence-corrected chi connectivity index (χ2v) is 11.8. The van der Waals surface area contributed by atoms with Crippen molar-refractivity contribution in [2.45, 2.75) is 22.1 Å². The van der Waals surface area contributed by atoms with E-state index < -0.39 is 15.3 Å². The Morgan fingerprint density at radius 3 is 2.58 bits per heavy atom. The van der Waals surface area contributed by atoms with Crippen molar-refractivity contribution in [2.24, 2.45) is 0 Å². The Morgan fingerprint density at radius 1 is 1.09 bits per heavy atom. The van der Waals surface area contributed by atoms with Crippen molar-refractivity contribution < 1.29 is 13.2 Å². The first-order valence-corrected chi connectivity index (χ1v) is 13.2. The zero-order valence-corrected chi connectivity index (χ0v) is 20.7. The fraction of sp³-hybridized carbons (Fsp3) is 0.174. The van der Waals surface area contributed by atoms with Crippen LogP contribution in [-0.2, 0) is 14.8 Å². The van der Waals surface area contributed by atoms with Crippen molar-refractivity contribution in [3.05, 3.63) is 66.3 Å². The molecule has 2 aromatic carbocycles. The lowest BCUT2D eigenvalue weighted by atomic mass is 10.1. The predicted molar refractivity (Wildman–Crippen MR) is 134 cm³/mol. The van der Waals surface area contributed by atoms with Crippen LogP contribution in [0.15, 0.2) is 76.2 Å². The molecule has 0 radical (unpaired) electrons. The average molecular weight is 499 g/mol. The molecule has 0 spiro atoms. The Hall–Kier alpha value is -2.79. The van der Waals surface area contributed by atoms with Crippen molar-refractivity contribution in [1.29, 1.82) is 0 Å². The minimum Gasteiger partial charge on any atom is -0.325 e. The second kappa shape index (κ2) is 9.60. The van der Waals surface area contributed by atoms with Gasteiger partial charge in [-0.2, -0.15) is 0 Å². The van der Waals surface area contributed by atoms with Crippen LogP contribution >= 0.6 is 23.1 Å². The largest absolute Gasteiger partial charge is 0.325 e. The van der Waals surface area contributed by atoms with Gasteiger partial charge in [0, 0.05) is 30.7 Å². The van der Waals surface area contributed by atoms with Gasteiger partial charge in [0.2, 0.25) is 15.9 Å². The summed E-state index contributed by atoms with van der Waals surface area (Å²) in [6.45, 7) is 1.79. The summed E-state index contributed by atoms with van der Waals surface area (Å²) < 4.78 is 25.9. The Labute approximate surface area is 200 Å². The molecule has 2 heterocycles. The highest BCUT2D eigenvalue weighted by Crippen LogP contribution is 2.39. The van der Waals surface area contributed by atoms with E-state index in [1.54, 1.807) is 30.4 Å². The van der Waals surface area contributed by atoms with E-state index in [4.69, 9.17) is 0 Å². The molecule has 1 unspecified atom stereocenters. The Bertz CT molecular complexity index is 1400. The number of nitrogens with zero attached hydrogens (tertiary/aromatic N) is 3. The molecule has 0 aliphatic rings. The molecule has 4 aromatic rings. The van der Waals surface area contributed by atoms with Gasteiger partial charge < -0.3 is 5.32 Å². The topological polar surface area (TPSA) is 92.3 Å². The Balaban J connectivity index is 1.57. The number of hydrogen-bond donors (Lipinski definition) is 1. The van der Waals surface area contributed by atoms with E-state index in [1.807, 2.05) is 30.3 Å². The van der Waals surface area contributed by atoms with Gasteiger partial charge in [0.1, 0.15) is 16.2 Å². The number of rotatable bonds is 7. The number of fused-ring (bicyclic) bond motifs is 1. The van der Waals surface area contributed by atoms with E-state index in [9.17, 15) is 13.2 Å². The molecule has 1 N–H and O–H groups in total. The number of carbonyl (C=O) groups is 1. The standard InChI is InChI=1S/C23H22N4O3S3/c1-15(21(28)26-17-10-7-11-18(12-17)33(29,30)27(2)3)32-23-20-19(16-8-5-4-6-9-16)13-31-22(20)24-14-25-23/h4-15H,1-3H3,(H,26,28). The van der Waals surface area contributed by atoms with Gasteiger partial charge in [-0.05, 0) is 30.7 Å². The third-order valence-electron chi connectivity index (χ3n) is 4.96. The third kappa shape index (κ3) is 4.93. The maximum absolute atomic E-state index is 12.9. The number of sulfonamides is 1. The minimum absolute atomic E-state index is 0.119. The van der Waals surface area contributed by atoms with Crippen LogP contribution in [0.25, 0.3) is 21.3 Å². The van der Waals surface area contributed by atoms with E-state index in [0.717, 1.165) is 30.7 Å². The molecule has 170 valence electrons. The lowest BCUT2D eigenvalue weighted by Crippen LogP contribution is -2.24. The van der Waals surface area contributed by atoms with Gasteiger partial charge in [0.05, 0.1) is 15.5 Å². The number of benzene rings is 2. The van der Waals surface area contributed by atoms with Crippen LogP contribution in [0, 0.1) is 0 Å². The second-order valence-electron chi connectivity index (χ2n) is 7.44. The highest BCUT2D eigenvalue weighted by molar-refractivity contribution is 8.00. The summed E-state index contributed by atoms with van der Waals surface area (Å²) in [5.74, 6) is -0.248. The summed E-state index contributed by atoms with van der Waals surface area (Å²) in [4.78, 5) is 22.7. The van der Waals surface area contributed by atoms with Crippen molar-refractivity contribution >= 4 is 54.9 Å². The minimum atomic E-state index is -3.59. The zero-order chi connectivity index (χ0) is 23.6. The smallest absolute Gasteiger partial charge is 0.242 e. The van der Waals surface area contributed by atoms with Gasteiger partial charge in [0.25, 0.3) is 0 Å². The highest BCUT2D eigenvalue weighted by Gasteiger charge is 2.21. The van der Waals surface area contributed by atoms with Gasteiger partial charge in [-0.25, -0.2) is 22.7 Å². The molecule has 0 aliphatic heterocycles. The van der Waals surface area contributed by atoms with E-state index >= 15 is 0 Å². The maximum atomic E-state index is 12.9. The fourth-order valence-electron chi connectivity index (χ4n) is 3.18. The monoisotopic (exact) mass is 498 g/mol. The van der Waals surface area contributed by atoms with Crippen molar-refractivity contribution in [2.75, 3.05) is 19.4 Å². The molecule has 0 saturated carbocycles. The quantitative estimate of drug-likeness (QED) is 0.293. The summed E-state index contributed by atoms with van der Waals surface area (Å²) in [5, 5.41) is 6.06. The van der Waals surface area contributed by atoms with Gasteiger partial charge in [-0.1, -0.05) is 48.2 Å².